The van der Waals surface area contributed by atoms with E-state index in [1.165, 1.54) is 16.2 Å². The molecule has 0 aliphatic carbocycles. The molecule has 2 aliphatic rings. The van der Waals surface area contributed by atoms with E-state index in [0.717, 1.165) is 43.6 Å². The van der Waals surface area contributed by atoms with Gasteiger partial charge in [0.25, 0.3) is 5.91 Å². The maximum atomic E-state index is 13.1. The summed E-state index contributed by atoms with van der Waals surface area (Å²) in [7, 11) is 2.08. The molecule has 1 atom stereocenters. The zero-order valence-corrected chi connectivity index (χ0v) is 23.8. The van der Waals surface area contributed by atoms with Crippen LogP contribution in [-0.4, -0.2) is 70.0 Å². The number of aliphatic carboxylic acids is 1. The zero-order valence-electron chi connectivity index (χ0n) is 23.0. The molecule has 3 aromatic rings. The van der Waals surface area contributed by atoms with Crippen LogP contribution in [0.4, 0.5) is 28.8 Å². The van der Waals surface area contributed by atoms with Gasteiger partial charge in [-0.2, -0.15) is 13.2 Å². The van der Waals surface area contributed by atoms with Gasteiger partial charge >= 0.3 is 18.2 Å². The number of hydrogen-bond acceptors (Lipinski definition) is 7. The van der Waals surface area contributed by atoms with Gasteiger partial charge in [-0.1, -0.05) is 18.2 Å². The van der Waals surface area contributed by atoms with E-state index in [1.807, 2.05) is 18.2 Å². The molecular formula is C28H29F3N6O5S. The number of aromatic nitrogens is 1. The van der Waals surface area contributed by atoms with Crippen LogP contribution in [0, 0.1) is 0 Å². The highest BCUT2D eigenvalue weighted by atomic mass is 32.1. The number of primary amides is 1. The number of amides is 4. The van der Waals surface area contributed by atoms with Crippen LogP contribution in [0.25, 0.3) is 0 Å². The highest BCUT2D eigenvalue weighted by Crippen LogP contribution is 2.33. The predicted octanol–water partition coefficient (Wildman–Crippen LogP) is 4.48. The van der Waals surface area contributed by atoms with E-state index in [1.54, 1.807) is 35.2 Å². The third-order valence-electron chi connectivity index (χ3n) is 6.83. The Morgan fingerprint density at radius 2 is 1.74 bits per heavy atom. The number of carbonyl (C=O) groups is 4. The summed E-state index contributed by atoms with van der Waals surface area (Å²) in [5.41, 5.74) is 8.69. The average Bonchev–Trinajstić information content (AvgIpc) is 3.60. The molecule has 2 aliphatic heterocycles. The zero-order chi connectivity index (χ0) is 31.3. The Morgan fingerprint density at radius 3 is 2.44 bits per heavy atom. The normalized spacial score (nSPS) is 16.5. The van der Waals surface area contributed by atoms with Crippen molar-refractivity contribution in [3.63, 3.8) is 0 Å². The van der Waals surface area contributed by atoms with Crippen LogP contribution in [0.15, 0.2) is 48.5 Å². The third-order valence-corrected chi connectivity index (χ3v) is 7.83. The van der Waals surface area contributed by atoms with Crippen molar-refractivity contribution >= 4 is 46.0 Å². The second kappa shape index (κ2) is 13.2. The number of alkyl halides is 3. The van der Waals surface area contributed by atoms with Gasteiger partial charge in [0.1, 0.15) is 0 Å². The van der Waals surface area contributed by atoms with Crippen LogP contribution in [0.3, 0.4) is 0 Å². The Kier molecular flexibility index (Phi) is 9.66. The number of carboxylic acid groups (broad SMARTS) is 1. The summed E-state index contributed by atoms with van der Waals surface area (Å²) in [4.78, 5) is 56.3. The minimum Gasteiger partial charge on any atom is -0.475 e. The molecule has 228 valence electrons. The van der Waals surface area contributed by atoms with E-state index in [2.05, 4.69) is 27.6 Å². The molecular weight excluding hydrogens is 589 g/mol. The van der Waals surface area contributed by atoms with E-state index in [-0.39, 0.29) is 18.0 Å². The maximum Gasteiger partial charge on any atom is 0.490 e. The summed E-state index contributed by atoms with van der Waals surface area (Å²) in [5, 5.41) is 13.6. The number of carboxylic acids is 1. The molecule has 4 amide bonds. The van der Waals surface area contributed by atoms with Crippen molar-refractivity contribution in [2.45, 2.75) is 38.0 Å². The number of anilines is 2. The molecule has 0 radical (unpaired) electrons. The van der Waals surface area contributed by atoms with Gasteiger partial charge in [-0.25, -0.2) is 14.6 Å². The van der Waals surface area contributed by atoms with Gasteiger partial charge in [-0.15, -0.1) is 11.3 Å². The van der Waals surface area contributed by atoms with Crippen LogP contribution >= 0.6 is 11.3 Å². The lowest BCUT2D eigenvalue weighted by Gasteiger charge is -2.25. The monoisotopic (exact) mass is 618 g/mol. The summed E-state index contributed by atoms with van der Waals surface area (Å²) in [6, 6.07) is 13.6. The number of nitrogens with one attached hydrogen (secondary N) is 2. The molecule has 1 unspecified atom stereocenters. The third kappa shape index (κ3) is 8.08. The van der Waals surface area contributed by atoms with Crippen LogP contribution in [0.2, 0.25) is 0 Å². The van der Waals surface area contributed by atoms with E-state index in [0.29, 0.717) is 28.5 Å². The molecule has 1 saturated heterocycles. The van der Waals surface area contributed by atoms with Gasteiger partial charge in [0.15, 0.2) is 5.13 Å². The molecule has 15 heteroatoms. The lowest BCUT2D eigenvalue weighted by Crippen LogP contribution is -2.34. The number of hydrogen-bond donors (Lipinski definition) is 4. The van der Waals surface area contributed by atoms with Crippen molar-refractivity contribution in [2.24, 2.45) is 5.73 Å². The molecule has 0 saturated carbocycles. The summed E-state index contributed by atoms with van der Waals surface area (Å²) >= 11 is 1.52. The quantitative estimate of drug-likeness (QED) is 0.328. The topological polar surface area (TPSA) is 158 Å². The van der Waals surface area contributed by atoms with Gasteiger partial charge in [0, 0.05) is 47.7 Å². The number of fused-ring (bicyclic) bond motifs is 1. The summed E-state index contributed by atoms with van der Waals surface area (Å²) in [5.74, 6) is -3.52. The predicted molar refractivity (Wildman–Crippen MR) is 153 cm³/mol. The van der Waals surface area contributed by atoms with Crippen molar-refractivity contribution in [2.75, 3.05) is 30.8 Å². The Labute approximate surface area is 248 Å². The number of nitrogens with two attached hydrogens (primary N) is 1. The van der Waals surface area contributed by atoms with Crippen LogP contribution < -0.4 is 16.4 Å². The van der Waals surface area contributed by atoms with Gasteiger partial charge in [0.2, 0.25) is 5.91 Å². The fourth-order valence-corrected chi connectivity index (χ4v) is 5.82. The first kappa shape index (κ1) is 31.4. The van der Waals surface area contributed by atoms with Crippen molar-refractivity contribution < 1.29 is 37.5 Å². The first-order valence-corrected chi connectivity index (χ1v) is 14.0. The number of likely N-dealkylation sites (tertiary alicyclic amines) is 1. The van der Waals surface area contributed by atoms with Gasteiger partial charge in [-0.05, 0) is 55.8 Å². The molecule has 11 nitrogen and oxygen atoms in total. The van der Waals surface area contributed by atoms with E-state index in [4.69, 9.17) is 15.6 Å². The summed E-state index contributed by atoms with van der Waals surface area (Å²) in [6.07, 6.45) is -2.54. The van der Waals surface area contributed by atoms with E-state index >= 15 is 0 Å². The number of nitrogens with zero attached hydrogens (tertiary/aromatic N) is 3. The second-order valence-electron chi connectivity index (χ2n) is 9.99. The van der Waals surface area contributed by atoms with Crippen molar-refractivity contribution in [1.82, 2.24) is 14.8 Å². The van der Waals surface area contributed by atoms with Crippen LogP contribution in [0.1, 0.15) is 55.7 Å². The van der Waals surface area contributed by atoms with Gasteiger partial charge in [0.05, 0.1) is 11.7 Å². The number of thiazole rings is 1. The number of likely N-dealkylation sites (N-methyl/N-ethyl adjacent to an activating group) is 1. The lowest BCUT2D eigenvalue weighted by atomic mass is 10.0. The van der Waals surface area contributed by atoms with Crippen LogP contribution in [0.5, 0.6) is 0 Å². The highest BCUT2D eigenvalue weighted by Gasteiger charge is 2.38. The Morgan fingerprint density at radius 1 is 1.05 bits per heavy atom. The molecule has 1 fully saturated rings. The Bertz CT molecular complexity index is 1530. The van der Waals surface area contributed by atoms with E-state index < -0.39 is 18.1 Å². The Balaban J connectivity index is 0.000000541. The molecule has 3 heterocycles. The number of urea groups is 1. The van der Waals surface area contributed by atoms with Gasteiger partial charge < -0.3 is 26.0 Å². The maximum absolute atomic E-state index is 13.1. The molecule has 5 N–H and O–H groups in total. The van der Waals surface area contributed by atoms with Crippen molar-refractivity contribution in [3.8, 4) is 0 Å². The molecule has 0 bridgehead atoms. The summed E-state index contributed by atoms with van der Waals surface area (Å²) < 4.78 is 31.7. The molecule has 2 aromatic carbocycles. The number of carbonyl (C=O) groups excluding carboxylic acids is 3. The number of benzene rings is 2. The van der Waals surface area contributed by atoms with Gasteiger partial charge in [-0.3, -0.25) is 14.9 Å². The highest BCUT2D eigenvalue weighted by molar-refractivity contribution is 7.15. The molecule has 0 spiro atoms. The average molecular weight is 619 g/mol. The molecule has 5 rings (SSSR count). The fourth-order valence-electron chi connectivity index (χ4n) is 4.73. The molecule has 1 aromatic heterocycles. The largest absolute Gasteiger partial charge is 0.490 e. The minimum absolute atomic E-state index is 0.153. The number of rotatable bonds is 5. The Hall–Kier alpha value is -4.50. The second-order valence-corrected chi connectivity index (χ2v) is 11.1. The van der Waals surface area contributed by atoms with Crippen molar-refractivity contribution in [3.05, 3.63) is 75.8 Å². The van der Waals surface area contributed by atoms with E-state index in [9.17, 15) is 27.6 Å². The first-order chi connectivity index (χ1) is 20.3. The first-order valence-electron chi connectivity index (χ1n) is 13.2. The fraction of sp³-hybridized carbons (Fsp3) is 0.321. The SMILES string of the molecule is CN1CCc2nc(NC(=O)c3cccc(C4CCCN4C(=O)Nc4cccc(C(N)=O)c4)c3)sc2C1.O=C(O)C(F)(F)F. The lowest BCUT2D eigenvalue weighted by molar-refractivity contribution is -0.192. The standard InChI is InChI=1S/C26H28N6O3S.C2HF3O2/c1-31-12-10-20-22(15-31)36-25(29-20)30-24(34)18-7-2-5-16(13-18)21-9-4-11-32(21)26(35)28-19-8-3-6-17(14-19)23(27)33;3-2(4,5)1(6)7/h2-3,5-8,13-14,21H,4,9-12,15H2,1H3,(H2,27,33)(H,28,35)(H,29,30,34);(H,6,7). The summed E-state index contributed by atoms with van der Waals surface area (Å²) in [6.45, 7) is 2.42. The minimum atomic E-state index is -5.08. The number of halogens is 3. The molecule has 43 heavy (non-hydrogen) atoms. The van der Waals surface area contributed by atoms with Crippen molar-refractivity contribution in [1.29, 1.82) is 0 Å². The smallest absolute Gasteiger partial charge is 0.475 e. The van der Waals surface area contributed by atoms with Crippen LogP contribution in [-0.2, 0) is 17.8 Å².